The molecule has 1 aromatic heterocycles. The molecule has 16 heavy (non-hydrogen) atoms. The average Bonchev–Trinajstić information content (AvgIpc) is 2.08. The van der Waals surface area contributed by atoms with Crippen molar-refractivity contribution in [3.8, 4) is 0 Å². The van der Waals surface area contributed by atoms with E-state index in [9.17, 15) is 4.79 Å². The number of hydrogen-bond acceptors (Lipinski definition) is 2. The van der Waals surface area contributed by atoms with Crippen molar-refractivity contribution >= 4 is 27.5 Å². The molecular formula is C12H17BrN2O. The summed E-state index contributed by atoms with van der Waals surface area (Å²) in [7, 11) is 0. The summed E-state index contributed by atoms with van der Waals surface area (Å²) >= 11 is 3.32. The van der Waals surface area contributed by atoms with Gasteiger partial charge in [0.2, 0.25) is 5.91 Å². The van der Waals surface area contributed by atoms with Crippen molar-refractivity contribution in [1.29, 1.82) is 0 Å². The van der Waals surface area contributed by atoms with E-state index in [1.165, 1.54) is 0 Å². The maximum absolute atomic E-state index is 11.7. The first-order valence-electron chi connectivity index (χ1n) is 5.20. The van der Waals surface area contributed by atoms with Gasteiger partial charge in [0.1, 0.15) is 4.60 Å². The highest BCUT2D eigenvalue weighted by Crippen LogP contribution is 2.21. The number of amides is 1. The minimum Gasteiger partial charge on any atom is -0.325 e. The second-order valence-electron chi connectivity index (χ2n) is 5.12. The van der Waals surface area contributed by atoms with Gasteiger partial charge in [0.05, 0.1) is 11.9 Å². The number of pyridine rings is 1. The molecule has 0 spiro atoms. The third-order valence-corrected chi connectivity index (χ3v) is 2.82. The quantitative estimate of drug-likeness (QED) is 0.845. The van der Waals surface area contributed by atoms with Gasteiger partial charge < -0.3 is 5.32 Å². The number of halogens is 1. The minimum atomic E-state index is 0.00190. The van der Waals surface area contributed by atoms with Crippen LogP contribution in [-0.4, -0.2) is 10.9 Å². The molecule has 88 valence electrons. The van der Waals surface area contributed by atoms with E-state index < -0.39 is 0 Å². The van der Waals surface area contributed by atoms with Crippen molar-refractivity contribution in [2.45, 2.75) is 34.1 Å². The minimum absolute atomic E-state index is 0.00190. The van der Waals surface area contributed by atoms with Crippen LogP contribution in [0.5, 0.6) is 0 Å². The van der Waals surface area contributed by atoms with Crippen LogP contribution in [0, 0.1) is 12.3 Å². The molecule has 1 rings (SSSR count). The zero-order valence-electron chi connectivity index (χ0n) is 10.1. The first kappa shape index (κ1) is 13.2. The molecule has 1 amide bonds. The van der Waals surface area contributed by atoms with Crippen molar-refractivity contribution in [2.75, 3.05) is 5.32 Å². The number of carbonyl (C=O) groups excluding carboxylic acids is 1. The van der Waals surface area contributed by atoms with Gasteiger partial charge in [-0.05, 0) is 39.9 Å². The number of nitrogens with zero attached hydrogens (tertiary/aromatic N) is 1. The Morgan fingerprint density at radius 2 is 2.12 bits per heavy atom. The highest BCUT2D eigenvalue weighted by atomic mass is 79.9. The van der Waals surface area contributed by atoms with Crippen LogP contribution in [0.25, 0.3) is 0 Å². The summed E-state index contributed by atoms with van der Waals surface area (Å²) in [6, 6.07) is 1.90. The van der Waals surface area contributed by atoms with Gasteiger partial charge in [-0.1, -0.05) is 20.8 Å². The fourth-order valence-electron chi connectivity index (χ4n) is 1.31. The lowest BCUT2D eigenvalue weighted by molar-refractivity contribution is -0.117. The molecule has 0 bridgehead atoms. The summed E-state index contributed by atoms with van der Waals surface area (Å²) in [5.41, 5.74) is 1.76. The maximum atomic E-state index is 11.7. The number of aromatic nitrogens is 1. The van der Waals surface area contributed by atoms with Gasteiger partial charge in [-0.15, -0.1) is 0 Å². The Balaban J connectivity index is 2.67. The van der Waals surface area contributed by atoms with Gasteiger partial charge in [0.25, 0.3) is 0 Å². The molecule has 0 radical (unpaired) electrons. The summed E-state index contributed by atoms with van der Waals surface area (Å²) in [4.78, 5) is 15.8. The second-order valence-corrected chi connectivity index (χ2v) is 5.87. The molecule has 0 aliphatic heterocycles. The lowest BCUT2D eigenvalue weighted by atomic mass is 9.92. The highest BCUT2D eigenvalue weighted by molar-refractivity contribution is 9.10. The van der Waals surface area contributed by atoms with Crippen LogP contribution < -0.4 is 5.32 Å². The molecule has 0 saturated carbocycles. The Morgan fingerprint density at radius 1 is 1.50 bits per heavy atom. The van der Waals surface area contributed by atoms with Crippen LogP contribution in [0.15, 0.2) is 16.9 Å². The molecule has 1 aromatic rings. The molecule has 3 nitrogen and oxygen atoms in total. The molecule has 1 heterocycles. The maximum Gasteiger partial charge on any atom is 0.224 e. The monoisotopic (exact) mass is 284 g/mol. The van der Waals surface area contributed by atoms with Crippen LogP contribution in [0.2, 0.25) is 0 Å². The third-order valence-electron chi connectivity index (χ3n) is 1.99. The molecule has 0 aliphatic rings. The van der Waals surface area contributed by atoms with Crippen molar-refractivity contribution in [2.24, 2.45) is 5.41 Å². The third kappa shape index (κ3) is 4.31. The van der Waals surface area contributed by atoms with Crippen molar-refractivity contribution in [3.05, 3.63) is 22.4 Å². The number of aryl methyl sites for hydroxylation is 1. The molecule has 0 saturated heterocycles. The molecule has 0 aliphatic carbocycles. The van der Waals surface area contributed by atoms with Crippen molar-refractivity contribution < 1.29 is 4.79 Å². The van der Waals surface area contributed by atoms with Gasteiger partial charge in [0.15, 0.2) is 0 Å². The fourth-order valence-corrected chi connectivity index (χ4v) is 1.53. The van der Waals surface area contributed by atoms with Crippen LogP contribution >= 0.6 is 15.9 Å². The topological polar surface area (TPSA) is 42.0 Å². The van der Waals surface area contributed by atoms with E-state index in [-0.39, 0.29) is 11.3 Å². The Morgan fingerprint density at radius 3 is 2.62 bits per heavy atom. The SMILES string of the molecule is Cc1cc(NC(=O)CC(C)(C)C)cnc1Br. The largest absolute Gasteiger partial charge is 0.325 e. The number of nitrogens with one attached hydrogen (secondary N) is 1. The van der Waals surface area contributed by atoms with E-state index in [1.807, 2.05) is 33.8 Å². The summed E-state index contributed by atoms with van der Waals surface area (Å²) < 4.78 is 0.807. The van der Waals surface area contributed by atoms with E-state index in [2.05, 4.69) is 26.2 Å². The van der Waals surface area contributed by atoms with Crippen LogP contribution in [0.1, 0.15) is 32.8 Å². The molecule has 1 N–H and O–H groups in total. The first-order chi connectivity index (χ1) is 7.28. The zero-order chi connectivity index (χ0) is 12.3. The predicted molar refractivity (Wildman–Crippen MR) is 69.4 cm³/mol. The molecule has 4 heteroatoms. The van der Waals surface area contributed by atoms with Crippen LogP contribution in [0.3, 0.4) is 0 Å². The molecule has 0 fully saturated rings. The van der Waals surface area contributed by atoms with E-state index in [0.717, 1.165) is 15.9 Å². The Bertz CT molecular complexity index is 396. The standard InChI is InChI=1S/C12H17BrN2O/c1-8-5-9(7-14-11(8)13)15-10(16)6-12(2,3)4/h5,7H,6H2,1-4H3,(H,15,16). The Hall–Kier alpha value is -0.900. The first-order valence-corrected chi connectivity index (χ1v) is 5.99. The highest BCUT2D eigenvalue weighted by Gasteiger charge is 2.16. The van der Waals surface area contributed by atoms with Gasteiger partial charge >= 0.3 is 0 Å². The molecular weight excluding hydrogens is 268 g/mol. The Kier molecular flexibility index (Phi) is 4.08. The van der Waals surface area contributed by atoms with Gasteiger partial charge in [-0.2, -0.15) is 0 Å². The normalized spacial score (nSPS) is 11.3. The summed E-state index contributed by atoms with van der Waals surface area (Å²) in [6.07, 6.45) is 2.15. The average molecular weight is 285 g/mol. The van der Waals surface area contributed by atoms with E-state index in [4.69, 9.17) is 0 Å². The van der Waals surface area contributed by atoms with Crippen molar-refractivity contribution in [1.82, 2.24) is 4.98 Å². The van der Waals surface area contributed by atoms with Gasteiger partial charge in [-0.3, -0.25) is 4.79 Å². The number of carbonyl (C=O) groups is 1. The zero-order valence-corrected chi connectivity index (χ0v) is 11.7. The van der Waals surface area contributed by atoms with Gasteiger partial charge in [0, 0.05) is 6.42 Å². The van der Waals surface area contributed by atoms with Crippen LogP contribution in [0.4, 0.5) is 5.69 Å². The van der Waals surface area contributed by atoms with Crippen LogP contribution in [-0.2, 0) is 4.79 Å². The summed E-state index contributed by atoms with van der Waals surface area (Å²) in [6.45, 7) is 8.06. The summed E-state index contributed by atoms with van der Waals surface area (Å²) in [5, 5.41) is 2.84. The lowest BCUT2D eigenvalue weighted by Gasteiger charge is -2.17. The fraction of sp³-hybridized carbons (Fsp3) is 0.500. The number of anilines is 1. The number of hydrogen-bond donors (Lipinski definition) is 1. The van der Waals surface area contributed by atoms with Crippen molar-refractivity contribution in [3.63, 3.8) is 0 Å². The second kappa shape index (κ2) is 4.95. The molecule has 0 aromatic carbocycles. The molecule has 0 unspecified atom stereocenters. The number of rotatable bonds is 2. The van der Waals surface area contributed by atoms with E-state index in [1.54, 1.807) is 6.20 Å². The van der Waals surface area contributed by atoms with E-state index in [0.29, 0.717) is 6.42 Å². The predicted octanol–water partition coefficient (Wildman–Crippen LogP) is 3.53. The smallest absolute Gasteiger partial charge is 0.224 e. The summed E-state index contributed by atoms with van der Waals surface area (Å²) in [5.74, 6) is 0.0241. The lowest BCUT2D eigenvalue weighted by Crippen LogP contribution is -2.19. The van der Waals surface area contributed by atoms with E-state index >= 15 is 0 Å². The van der Waals surface area contributed by atoms with Gasteiger partial charge in [-0.25, -0.2) is 4.98 Å². The Labute approximate surface area is 105 Å². The molecule has 0 atom stereocenters.